The maximum atomic E-state index is 9.39. The predicted molar refractivity (Wildman–Crippen MR) is 70.3 cm³/mol. The number of hydrogen-bond acceptors (Lipinski definition) is 3. The quantitative estimate of drug-likeness (QED) is 0.765. The Morgan fingerprint density at radius 3 is 2.71 bits per heavy atom. The minimum absolute atomic E-state index is 0.0276. The molecule has 3 heteroatoms. The monoisotopic (exact) mass is 237 g/mol. The van der Waals surface area contributed by atoms with Crippen LogP contribution in [0.5, 0.6) is 5.75 Å². The molecule has 1 aromatic rings. The molecule has 0 aromatic heterocycles. The minimum atomic E-state index is -0.0276. The molecule has 1 rings (SSSR count). The van der Waals surface area contributed by atoms with Crippen molar-refractivity contribution < 1.29 is 9.84 Å². The van der Waals surface area contributed by atoms with Gasteiger partial charge in [0.15, 0.2) is 0 Å². The molecule has 17 heavy (non-hydrogen) atoms. The van der Waals surface area contributed by atoms with Crippen LogP contribution in [0.25, 0.3) is 0 Å². The third-order valence-corrected chi connectivity index (χ3v) is 2.45. The number of aliphatic hydroxyl groups is 1. The van der Waals surface area contributed by atoms with Gasteiger partial charge in [-0.05, 0) is 24.1 Å². The van der Waals surface area contributed by atoms with E-state index in [1.807, 2.05) is 24.3 Å². The fraction of sp³-hybridized carbons (Fsp3) is 0.571. The van der Waals surface area contributed by atoms with Gasteiger partial charge in [0.2, 0.25) is 0 Å². The van der Waals surface area contributed by atoms with Crippen LogP contribution in [0.3, 0.4) is 0 Å². The molecule has 1 atom stereocenters. The Morgan fingerprint density at radius 2 is 2.12 bits per heavy atom. The van der Waals surface area contributed by atoms with Crippen LogP contribution in [0, 0.1) is 0 Å². The number of rotatable bonds is 7. The van der Waals surface area contributed by atoms with Gasteiger partial charge in [-0.15, -0.1) is 0 Å². The zero-order valence-electron chi connectivity index (χ0n) is 10.9. The van der Waals surface area contributed by atoms with Gasteiger partial charge >= 0.3 is 0 Å². The van der Waals surface area contributed by atoms with Crippen LogP contribution in [-0.4, -0.2) is 24.4 Å². The summed E-state index contributed by atoms with van der Waals surface area (Å²) in [4.78, 5) is 0. The standard InChI is InChI=1S/C14H23NO2/c1-4-8-17-13-7-5-6-12(9-13)14(10-16)15-11(2)3/h5-7,9,11,14-16H,4,8,10H2,1-3H3. The van der Waals surface area contributed by atoms with E-state index in [4.69, 9.17) is 4.74 Å². The SMILES string of the molecule is CCCOc1cccc(C(CO)NC(C)C)c1. The van der Waals surface area contributed by atoms with Gasteiger partial charge in [-0.3, -0.25) is 0 Å². The molecule has 0 spiro atoms. The molecule has 0 amide bonds. The molecule has 0 bridgehead atoms. The van der Waals surface area contributed by atoms with Gasteiger partial charge < -0.3 is 15.2 Å². The van der Waals surface area contributed by atoms with E-state index >= 15 is 0 Å². The average molecular weight is 237 g/mol. The fourth-order valence-corrected chi connectivity index (χ4v) is 1.70. The Balaban J connectivity index is 2.73. The smallest absolute Gasteiger partial charge is 0.119 e. The highest BCUT2D eigenvalue weighted by molar-refractivity contribution is 5.30. The minimum Gasteiger partial charge on any atom is -0.494 e. The van der Waals surface area contributed by atoms with Crippen LogP contribution < -0.4 is 10.1 Å². The van der Waals surface area contributed by atoms with Crippen LogP contribution in [0.2, 0.25) is 0 Å². The Bertz CT molecular complexity index is 326. The van der Waals surface area contributed by atoms with Gasteiger partial charge in [0.05, 0.1) is 19.3 Å². The third-order valence-electron chi connectivity index (χ3n) is 2.45. The first-order chi connectivity index (χ1) is 8.17. The summed E-state index contributed by atoms with van der Waals surface area (Å²) in [6.07, 6.45) is 0.998. The number of benzene rings is 1. The Hall–Kier alpha value is -1.06. The largest absolute Gasteiger partial charge is 0.494 e. The van der Waals surface area contributed by atoms with Crippen molar-refractivity contribution in [2.24, 2.45) is 0 Å². The molecule has 0 fully saturated rings. The summed E-state index contributed by atoms with van der Waals surface area (Å²) in [5.74, 6) is 0.869. The maximum Gasteiger partial charge on any atom is 0.119 e. The maximum absolute atomic E-state index is 9.39. The summed E-state index contributed by atoms with van der Waals surface area (Å²) < 4.78 is 5.59. The molecule has 0 saturated heterocycles. The van der Waals surface area contributed by atoms with Crippen molar-refractivity contribution in [3.63, 3.8) is 0 Å². The molecular formula is C14H23NO2. The van der Waals surface area contributed by atoms with Crippen LogP contribution >= 0.6 is 0 Å². The molecule has 0 aliphatic rings. The molecule has 0 aliphatic carbocycles. The van der Waals surface area contributed by atoms with E-state index < -0.39 is 0 Å². The summed E-state index contributed by atoms with van der Waals surface area (Å²) in [6, 6.07) is 8.22. The lowest BCUT2D eigenvalue weighted by Gasteiger charge is -2.20. The summed E-state index contributed by atoms with van der Waals surface area (Å²) in [6.45, 7) is 7.04. The molecule has 96 valence electrons. The summed E-state index contributed by atoms with van der Waals surface area (Å²) in [7, 11) is 0. The first kappa shape index (κ1) is 14.0. The molecule has 3 nitrogen and oxygen atoms in total. The van der Waals surface area contributed by atoms with Crippen molar-refractivity contribution in [1.29, 1.82) is 0 Å². The van der Waals surface area contributed by atoms with Crippen molar-refractivity contribution in [3.05, 3.63) is 29.8 Å². The number of nitrogens with one attached hydrogen (secondary N) is 1. The van der Waals surface area contributed by atoms with E-state index in [0.717, 1.165) is 24.3 Å². The van der Waals surface area contributed by atoms with E-state index in [9.17, 15) is 5.11 Å². The fourth-order valence-electron chi connectivity index (χ4n) is 1.70. The molecular weight excluding hydrogens is 214 g/mol. The molecule has 0 saturated carbocycles. The Morgan fingerprint density at radius 1 is 1.35 bits per heavy atom. The van der Waals surface area contributed by atoms with E-state index in [2.05, 4.69) is 26.1 Å². The molecule has 0 heterocycles. The average Bonchev–Trinajstić information content (AvgIpc) is 2.33. The highest BCUT2D eigenvalue weighted by Gasteiger charge is 2.11. The first-order valence-electron chi connectivity index (χ1n) is 6.27. The van der Waals surface area contributed by atoms with Crippen molar-refractivity contribution in [2.45, 2.75) is 39.3 Å². The zero-order chi connectivity index (χ0) is 12.7. The first-order valence-corrected chi connectivity index (χ1v) is 6.27. The van der Waals surface area contributed by atoms with Crippen molar-refractivity contribution >= 4 is 0 Å². The van der Waals surface area contributed by atoms with Gasteiger partial charge in [0, 0.05) is 6.04 Å². The number of ether oxygens (including phenoxy) is 1. The summed E-state index contributed by atoms with van der Waals surface area (Å²) in [5.41, 5.74) is 1.06. The van der Waals surface area contributed by atoms with Crippen LogP contribution in [0.1, 0.15) is 38.8 Å². The van der Waals surface area contributed by atoms with Crippen LogP contribution in [0.4, 0.5) is 0 Å². The Kier molecular flexibility index (Phi) is 6.01. The Labute approximate surface area is 104 Å². The normalized spacial score (nSPS) is 12.8. The lowest BCUT2D eigenvalue weighted by molar-refractivity contribution is 0.236. The van der Waals surface area contributed by atoms with Crippen molar-refractivity contribution in [1.82, 2.24) is 5.32 Å². The lowest BCUT2D eigenvalue weighted by Crippen LogP contribution is -2.30. The van der Waals surface area contributed by atoms with Gasteiger partial charge in [0.1, 0.15) is 5.75 Å². The molecule has 1 aromatic carbocycles. The summed E-state index contributed by atoms with van der Waals surface area (Å²) in [5, 5.41) is 12.7. The van der Waals surface area contributed by atoms with Crippen LogP contribution in [0.15, 0.2) is 24.3 Å². The van der Waals surface area contributed by atoms with E-state index in [0.29, 0.717) is 6.04 Å². The highest BCUT2D eigenvalue weighted by Crippen LogP contribution is 2.19. The second kappa shape index (κ2) is 7.30. The highest BCUT2D eigenvalue weighted by atomic mass is 16.5. The van der Waals surface area contributed by atoms with Crippen molar-refractivity contribution in [3.8, 4) is 5.75 Å². The molecule has 0 radical (unpaired) electrons. The second-order valence-corrected chi connectivity index (χ2v) is 4.48. The van der Waals surface area contributed by atoms with E-state index in [1.165, 1.54) is 0 Å². The molecule has 2 N–H and O–H groups in total. The second-order valence-electron chi connectivity index (χ2n) is 4.48. The third kappa shape index (κ3) is 4.75. The van der Waals surface area contributed by atoms with Crippen LogP contribution in [-0.2, 0) is 0 Å². The molecule has 1 unspecified atom stereocenters. The number of hydrogen-bond donors (Lipinski definition) is 2. The number of aliphatic hydroxyl groups excluding tert-OH is 1. The predicted octanol–water partition coefficient (Wildman–Crippen LogP) is 2.51. The van der Waals surface area contributed by atoms with Gasteiger partial charge in [-0.25, -0.2) is 0 Å². The van der Waals surface area contributed by atoms with Gasteiger partial charge in [0.25, 0.3) is 0 Å². The topological polar surface area (TPSA) is 41.5 Å². The van der Waals surface area contributed by atoms with Gasteiger partial charge in [-0.2, -0.15) is 0 Å². The lowest BCUT2D eigenvalue weighted by atomic mass is 10.1. The molecule has 0 aliphatic heterocycles. The van der Waals surface area contributed by atoms with Gasteiger partial charge in [-0.1, -0.05) is 32.9 Å². The zero-order valence-corrected chi connectivity index (χ0v) is 10.9. The van der Waals surface area contributed by atoms with E-state index in [1.54, 1.807) is 0 Å². The van der Waals surface area contributed by atoms with E-state index in [-0.39, 0.29) is 12.6 Å². The summed E-state index contributed by atoms with van der Waals surface area (Å²) >= 11 is 0. The van der Waals surface area contributed by atoms with Crippen molar-refractivity contribution in [2.75, 3.05) is 13.2 Å².